The van der Waals surface area contributed by atoms with Gasteiger partial charge in [0.05, 0.1) is 12.2 Å². The highest BCUT2D eigenvalue weighted by molar-refractivity contribution is 5.65. The second kappa shape index (κ2) is 8.90. The van der Waals surface area contributed by atoms with Crippen molar-refractivity contribution in [2.45, 2.75) is 77.5 Å². The number of aromatic nitrogens is 6. The van der Waals surface area contributed by atoms with Gasteiger partial charge in [-0.15, -0.1) is 10.2 Å². The normalized spacial score (nSPS) is 18.3. The fourth-order valence-electron chi connectivity index (χ4n) is 4.62. The van der Waals surface area contributed by atoms with Crippen LogP contribution in [0.1, 0.15) is 60.4 Å². The molecule has 34 heavy (non-hydrogen) atoms. The Kier molecular flexibility index (Phi) is 6.28. The summed E-state index contributed by atoms with van der Waals surface area (Å²) in [6.07, 6.45) is 2.96. The Morgan fingerprint density at radius 2 is 1.82 bits per heavy atom. The first-order valence-electron chi connectivity index (χ1n) is 11.6. The van der Waals surface area contributed by atoms with Gasteiger partial charge in [0.1, 0.15) is 0 Å². The second-order valence-electron chi connectivity index (χ2n) is 10.6. The summed E-state index contributed by atoms with van der Waals surface area (Å²) in [5.74, 6) is 0.582. The quantitative estimate of drug-likeness (QED) is 0.540. The van der Waals surface area contributed by atoms with Crippen molar-refractivity contribution in [2.24, 2.45) is 0 Å². The molecular formula is C24H34FN9. The van der Waals surface area contributed by atoms with E-state index in [1.165, 1.54) is 6.20 Å². The van der Waals surface area contributed by atoms with Crippen LogP contribution in [0.2, 0.25) is 0 Å². The molecule has 0 spiro atoms. The zero-order valence-corrected chi connectivity index (χ0v) is 21.0. The van der Waals surface area contributed by atoms with Gasteiger partial charge in [-0.1, -0.05) is 12.1 Å². The predicted molar refractivity (Wildman–Crippen MR) is 131 cm³/mol. The molecule has 0 amide bonds. The SMILES string of the molecule is CC(C)n1nnc(-c2cccc(Nc3ncc(F)c(NC4CC(C)(C)N(C)C(C)(C)C4)n3)c2)n1. The van der Waals surface area contributed by atoms with Crippen LogP contribution in [0, 0.1) is 5.82 Å². The number of anilines is 3. The maximum atomic E-state index is 14.6. The number of likely N-dealkylation sites (tertiary alicyclic amines) is 1. The molecule has 3 aromatic rings. The highest BCUT2D eigenvalue weighted by Gasteiger charge is 2.43. The molecule has 2 N–H and O–H groups in total. The van der Waals surface area contributed by atoms with Crippen LogP contribution < -0.4 is 10.6 Å². The molecule has 182 valence electrons. The fourth-order valence-corrected chi connectivity index (χ4v) is 4.62. The van der Waals surface area contributed by atoms with Gasteiger partial charge in [-0.3, -0.25) is 4.90 Å². The lowest BCUT2D eigenvalue weighted by Gasteiger charge is -2.53. The summed E-state index contributed by atoms with van der Waals surface area (Å²) in [5, 5.41) is 19.1. The summed E-state index contributed by atoms with van der Waals surface area (Å²) in [4.78, 5) is 12.5. The summed E-state index contributed by atoms with van der Waals surface area (Å²) in [6.45, 7) is 12.9. The van der Waals surface area contributed by atoms with Crippen molar-refractivity contribution in [3.63, 3.8) is 0 Å². The Bertz CT molecular complexity index is 1140. The van der Waals surface area contributed by atoms with Gasteiger partial charge in [-0.2, -0.15) is 9.78 Å². The van der Waals surface area contributed by atoms with Crippen molar-refractivity contribution in [1.29, 1.82) is 0 Å². The van der Waals surface area contributed by atoms with Crippen molar-refractivity contribution in [3.05, 3.63) is 36.3 Å². The van der Waals surface area contributed by atoms with E-state index in [1.807, 2.05) is 38.1 Å². The molecule has 10 heteroatoms. The molecule has 0 atom stereocenters. The lowest BCUT2D eigenvalue weighted by atomic mass is 9.77. The van der Waals surface area contributed by atoms with E-state index in [-0.39, 0.29) is 29.0 Å². The lowest BCUT2D eigenvalue weighted by Crippen LogP contribution is -2.61. The Hall–Kier alpha value is -3.14. The molecule has 0 aliphatic carbocycles. The van der Waals surface area contributed by atoms with E-state index in [9.17, 15) is 4.39 Å². The van der Waals surface area contributed by atoms with E-state index in [2.05, 4.69) is 75.7 Å². The molecule has 1 fully saturated rings. The molecule has 0 unspecified atom stereocenters. The van der Waals surface area contributed by atoms with Crippen molar-refractivity contribution >= 4 is 17.5 Å². The van der Waals surface area contributed by atoms with E-state index in [0.717, 1.165) is 24.1 Å². The van der Waals surface area contributed by atoms with Gasteiger partial charge >= 0.3 is 0 Å². The molecule has 0 radical (unpaired) electrons. The molecular weight excluding hydrogens is 433 g/mol. The zero-order valence-electron chi connectivity index (χ0n) is 21.0. The summed E-state index contributed by atoms with van der Waals surface area (Å²) in [7, 11) is 2.15. The third kappa shape index (κ3) is 5.01. The Balaban J connectivity index is 1.52. The largest absolute Gasteiger partial charge is 0.365 e. The topological polar surface area (TPSA) is 96.7 Å². The number of halogens is 1. The number of tetrazole rings is 1. The molecule has 1 saturated heterocycles. The van der Waals surface area contributed by atoms with E-state index in [0.29, 0.717) is 11.8 Å². The van der Waals surface area contributed by atoms with Gasteiger partial charge in [0.2, 0.25) is 11.8 Å². The number of rotatable bonds is 6. The fraction of sp³-hybridized carbons (Fsp3) is 0.542. The van der Waals surface area contributed by atoms with E-state index >= 15 is 0 Å². The highest BCUT2D eigenvalue weighted by Crippen LogP contribution is 2.38. The van der Waals surface area contributed by atoms with Crippen LogP contribution in [0.5, 0.6) is 0 Å². The van der Waals surface area contributed by atoms with Crippen LogP contribution in [0.3, 0.4) is 0 Å². The number of nitrogens with one attached hydrogen (secondary N) is 2. The summed E-state index contributed by atoms with van der Waals surface area (Å²) in [5.41, 5.74) is 1.52. The third-order valence-corrected chi connectivity index (χ3v) is 6.66. The van der Waals surface area contributed by atoms with Gasteiger partial charge < -0.3 is 10.6 Å². The predicted octanol–water partition coefficient (Wildman–Crippen LogP) is 4.66. The standard InChI is InChI=1S/C24H34FN9/c1-15(2)34-31-20(30-32-34)16-9-8-10-17(11-16)28-22-26-14-19(25)21(29-22)27-18-12-23(3,4)33(7)24(5,6)13-18/h8-11,14-15,18H,12-13H2,1-7H3,(H2,26,27,28,29). The van der Waals surface area contributed by atoms with Crippen LogP contribution in [0.25, 0.3) is 11.4 Å². The maximum absolute atomic E-state index is 14.6. The monoisotopic (exact) mass is 467 g/mol. The Morgan fingerprint density at radius 3 is 2.47 bits per heavy atom. The maximum Gasteiger partial charge on any atom is 0.229 e. The van der Waals surface area contributed by atoms with Gasteiger partial charge in [-0.25, -0.2) is 9.37 Å². The van der Waals surface area contributed by atoms with Gasteiger partial charge in [-0.05, 0) is 78.8 Å². The summed E-state index contributed by atoms with van der Waals surface area (Å²) < 4.78 is 14.6. The van der Waals surface area contributed by atoms with Crippen LogP contribution in [-0.2, 0) is 0 Å². The molecule has 4 rings (SSSR count). The van der Waals surface area contributed by atoms with Crippen molar-refractivity contribution in [1.82, 2.24) is 35.1 Å². The van der Waals surface area contributed by atoms with E-state index in [1.54, 1.807) is 4.80 Å². The van der Waals surface area contributed by atoms with Crippen LogP contribution in [0.15, 0.2) is 30.5 Å². The first kappa shape index (κ1) is 24.0. The molecule has 9 nitrogen and oxygen atoms in total. The Labute approximate surface area is 200 Å². The highest BCUT2D eigenvalue weighted by atomic mass is 19.1. The van der Waals surface area contributed by atoms with Crippen LogP contribution >= 0.6 is 0 Å². The van der Waals surface area contributed by atoms with Crippen molar-refractivity contribution in [3.8, 4) is 11.4 Å². The lowest BCUT2D eigenvalue weighted by molar-refractivity contribution is -0.00778. The molecule has 3 heterocycles. The molecule has 1 aromatic carbocycles. The molecule has 0 saturated carbocycles. The molecule has 1 aliphatic rings. The van der Waals surface area contributed by atoms with Gasteiger partial charge in [0, 0.05) is 28.4 Å². The van der Waals surface area contributed by atoms with E-state index in [4.69, 9.17) is 0 Å². The smallest absolute Gasteiger partial charge is 0.229 e. The molecule has 2 aromatic heterocycles. The number of hydrogen-bond donors (Lipinski definition) is 2. The number of piperidine rings is 1. The number of nitrogens with zero attached hydrogens (tertiary/aromatic N) is 7. The number of hydrogen-bond acceptors (Lipinski definition) is 8. The van der Waals surface area contributed by atoms with Crippen LogP contribution in [-0.4, -0.2) is 59.2 Å². The molecule has 0 bridgehead atoms. The minimum Gasteiger partial charge on any atom is -0.365 e. The first-order valence-corrected chi connectivity index (χ1v) is 11.6. The summed E-state index contributed by atoms with van der Waals surface area (Å²) in [6, 6.07) is 7.80. The average molecular weight is 468 g/mol. The average Bonchev–Trinajstić information content (AvgIpc) is 3.25. The third-order valence-electron chi connectivity index (χ3n) is 6.66. The van der Waals surface area contributed by atoms with Gasteiger partial charge in [0.25, 0.3) is 0 Å². The zero-order chi connectivity index (χ0) is 24.7. The van der Waals surface area contributed by atoms with Crippen LogP contribution in [0.4, 0.5) is 21.8 Å². The summed E-state index contributed by atoms with van der Waals surface area (Å²) >= 11 is 0. The van der Waals surface area contributed by atoms with E-state index < -0.39 is 5.82 Å². The van der Waals surface area contributed by atoms with Crippen molar-refractivity contribution in [2.75, 3.05) is 17.7 Å². The van der Waals surface area contributed by atoms with Gasteiger partial charge in [0.15, 0.2) is 11.6 Å². The minimum absolute atomic E-state index is 0.0180. The van der Waals surface area contributed by atoms with Crippen molar-refractivity contribution < 1.29 is 4.39 Å². The first-order chi connectivity index (χ1) is 15.9. The Morgan fingerprint density at radius 1 is 1.12 bits per heavy atom. The second-order valence-corrected chi connectivity index (χ2v) is 10.6. The molecule has 1 aliphatic heterocycles. The minimum atomic E-state index is -0.469. The number of benzene rings is 1.